The van der Waals surface area contributed by atoms with Crippen LogP contribution in [0.3, 0.4) is 0 Å². The van der Waals surface area contributed by atoms with Crippen molar-refractivity contribution in [3.05, 3.63) is 12.3 Å². The summed E-state index contributed by atoms with van der Waals surface area (Å²) in [6.45, 7) is 1.21. The van der Waals surface area contributed by atoms with Gasteiger partial charge in [0, 0.05) is 24.9 Å². The van der Waals surface area contributed by atoms with Gasteiger partial charge < -0.3 is 10.4 Å². The lowest BCUT2D eigenvalue weighted by Crippen LogP contribution is -2.36. The third-order valence-electron chi connectivity index (χ3n) is 2.15. The van der Waals surface area contributed by atoms with Gasteiger partial charge in [-0.05, 0) is 13.3 Å². The summed E-state index contributed by atoms with van der Waals surface area (Å²) in [7, 11) is 0. The van der Waals surface area contributed by atoms with Gasteiger partial charge in [0.25, 0.3) is 6.43 Å². The molecule has 0 radical (unpaired) electrons. The first-order chi connectivity index (χ1) is 8.51. The van der Waals surface area contributed by atoms with Crippen molar-refractivity contribution in [2.45, 2.75) is 32.4 Å². The zero-order valence-electron chi connectivity index (χ0n) is 9.94. The average Bonchev–Trinajstić information content (AvgIpc) is 2.64. The quantitative estimate of drug-likeness (QED) is 0.716. The molecule has 1 aromatic heterocycles. The molecular weight excluding hydrogens is 246 g/mol. The fourth-order valence-electron chi connectivity index (χ4n) is 1.31. The van der Waals surface area contributed by atoms with E-state index in [1.165, 1.54) is 12.3 Å². The summed E-state index contributed by atoms with van der Waals surface area (Å²) in [6, 6.07) is 0.759. The molecule has 0 saturated carbocycles. The number of hydrogen-bond donors (Lipinski definition) is 3. The first-order valence-corrected chi connectivity index (χ1v) is 5.51. The number of aliphatic hydroxyl groups excluding tert-OH is 1. The number of nitrogens with zero attached hydrogens (tertiary/aromatic N) is 2. The Bertz CT molecular complexity index is 384. The van der Waals surface area contributed by atoms with Crippen LogP contribution in [0.15, 0.2) is 12.3 Å². The van der Waals surface area contributed by atoms with Crippen LogP contribution in [0, 0.1) is 0 Å². The van der Waals surface area contributed by atoms with Crippen LogP contribution < -0.4 is 10.6 Å². The number of aromatic nitrogens is 2. The van der Waals surface area contributed by atoms with Crippen molar-refractivity contribution >= 4 is 11.8 Å². The number of carbonyl (C=O) groups excluding carboxylic acids is 1. The monoisotopic (exact) mass is 262 g/mol. The molecule has 0 unspecified atom stereocenters. The highest BCUT2D eigenvalue weighted by molar-refractivity contribution is 5.88. The van der Waals surface area contributed by atoms with E-state index in [-0.39, 0.29) is 18.5 Å². The summed E-state index contributed by atoms with van der Waals surface area (Å²) in [5.74, 6) is 0.198. The maximum Gasteiger partial charge on any atom is 0.320 e. The van der Waals surface area contributed by atoms with Crippen LogP contribution in [0.1, 0.15) is 13.3 Å². The second-order valence-corrected chi connectivity index (χ2v) is 3.83. The lowest BCUT2D eigenvalue weighted by Gasteiger charge is -2.12. The lowest BCUT2D eigenvalue weighted by molar-refractivity contribution is 0.122. The van der Waals surface area contributed by atoms with Gasteiger partial charge in [0.2, 0.25) is 0 Å². The van der Waals surface area contributed by atoms with Crippen molar-refractivity contribution in [1.82, 2.24) is 15.1 Å². The number of anilines is 1. The maximum atomic E-state index is 12.1. The van der Waals surface area contributed by atoms with Gasteiger partial charge in [-0.15, -0.1) is 0 Å². The fraction of sp³-hybridized carbons (Fsp3) is 0.600. The second-order valence-electron chi connectivity index (χ2n) is 3.83. The van der Waals surface area contributed by atoms with Gasteiger partial charge in [-0.1, -0.05) is 0 Å². The van der Waals surface area contributed by atoms with Crippen molar-refractivity contribution in [3.63, 3.8) is 0 Å². The Balaban J connectivity index is 2.42. The number of rotatable bonds is 6. The summed E-state index contributed by atoms with van der Waals surface area (Å²) in [6.07, 6.45) is -0.692. The Morgan fingerprint density at radius 3 is 2.94 bits per heavy atom. The predicted octanol–water partition coefficient (Wildman–Crippen LogP) is 1.04. The van der Waals surface area contributed by atoms with E-state index in [4.69, 9.17) is 5.11 Å². The highest BCUT2D eigenvalue weighted by Crippen LogP contribution is 2.05. The molecule has 0 bridgehead atoms. The SMILES string of the molecule is C[C@H](CCO)NC(=O)Nc1ccn(CC(F)F)n1. The Morgan fingerprint density at radius 1 is 1.61 bits per heavy atom. The lowest BCUT2D eigenvalue weighted by atomic mass is 10.2. The zero-order valence-corrected chi connectivity index (χ0v) is 9.94. The number of hydrogen-bond acceptors (Lipinski definition) is 3. The average molecular weight is 262 g/mol. The summed E-state index contributed by atoms with van der Waals surface area (Å²) < 4.78 is 25.2. The number of urea groups is 1. The molecule has 102 valence electrons. The van der Waals surface area contributed by atoms with Gasteiger partial charge in [0.1, 0.15) is 6.54 Å². The van der Waals surface area contributed by atoms with Crippen LogP contribution in [0.5, 0.6) is 0 Å². The molecule has 8 heteroatoms. The molecule has 2 amide bonds. The molecule has 1 heterocycles. The van der Waals surface area contributed by atoms with Gasteiger partial charge in [-0.2, -0.15) is 5.10 Å². The summed E-state index contributed by atoms with van der Waals surface area (Å²) in [5.41, 5.74) is 0. The molecule has 0 fully saturated rings. The molecule has 3 N–H and O–H groups in total. The number of carbonyl (C=O) groups is 1. The minimum atomic E-state index is -2.49. The molecule has 0 aliphatic heterocycles. The van der Waals surface area contributed by atoms with Crippen molar-refractivity contribution in [1.29, 1.82) is 0 Å². The Kier molecular flexibility index (Phi) is 5.50. The number of nitrogens with one attached hydrogen (secondary N) is 2. The van der Waals surface area contributed by atoms with Crippen LogP contribution in [-0.2, 0) is 6.54 Å². The molecule has 1 rings (SSSR count). The van der Waals surface area contributed by atoms with Crippen molar-refractivity contribution < 1.29 is 18.7 Å². The molecule has 0 saturated heterocycles. The smallest absolute Gasteiger partial charge is 0.320 e. The molecule has 0 aliphatic rings. The number of amides is 2. The minimum Gasteiger partial charge on any atom is -0.396 e. The maximum absolute atomic E-state index is 12.1. The highest BCUT2D eigenvalue weighted by atomic mass is 19.3. The molecule has 6 nitrogen and oxygen atoms in total. The number of halogens is 2. The molecule has 18 heavy (non-hydrogen) atoms. The van der Waals surface area contributed by atoms with Gasteiger partial charge in [0.05, 0.1) is 0 Å². The first-order valence-electron chi connectivity index (χ1n) is 5.51. The Morgan fingerprint density at radius 2 is 2.33 bits per heavy atom. The van der Waals surface area contributed by atoms with Gasteiger partial charge in [0.15, 0.2) is 5.82 Å². The second kappa shape index (κ2) is 6.90. The van der Waals surface area contributed by atoms with Crippen LogP contribution in [-0.4, -0.2) is 40.0 Å². The van der Waals surface area contributed by atoms with E-state index >= 15 is 0 Å². The standard InChI is InChI=1S/C10H16F2N4O2/c1-7(3-5-17)13-10(18)14-9-2-4-16(15-9)6-8(11)12/h2,4,7-8,17H,3,5-6H2,1H3,(H2,13,14,15,18)/t7-/m1/s1. The van der Waals surface area contributed by atoms with Crippen LogP contribution in [0.4, 0.5) is 19.4 Å². The zero-order chi connectivity index (χ0) is 13.5. The topological polar surface area (TPSA) is 79.2 Å². The molecule has 1 aromatic rings. The van der Waals surface area contributed by atoms with E-state index in [0.717, 1.165) is 4.68 Å². The molecule has 1 atom stereocenters. The minimum absolute atomic E-state index is 0.0234. The summed E-state index contributed by atoms with van der Waals surface area (Å²) in [5, 5.41) is 17.4. The van der Waals surface area contributed by atoms with E-state index in [1.54, 1.807) is 6.92 Å². The fourth-order valence-corrected chi connectivity index (χ4v) is 1.31. The molecule has 0 aromatic carbocycles. The largest absolute Gasteiger partial charge is 0.396 e. The third-order valence-corrected chi connectivity index (χ3v) is 2.15. The van der Waals surface area contributed by atoms with Gasteiger partial charge in [-0.25, -0.2) is 13.6 Å². The van der Waals surface area contributed by atoms with Crippen LogP contribution in [0.25, 0.3) is 0 Å². The van der Waals surface area contributed by atoms with E-state index in [2.05, 4.69) is 15.7 Å². The van der Waals surface area contributed by atoms with Crippen LogP contribution in [0.2, 0.25) is 0 Å². The van der Waals surface area contributed by atoms with Crippen molar-refractivity contribution in [2.75, 3.05) is 11.9 Å². The van der Waals surface area contributed by atoms with E-state index < -0.39 is 19.0 Å². The first kappa shape index (κ1) is 14.4. The summed E-state index contributed by atoms with van der Waals surface area (Å²) in [4.78, 5) is 11.4. The van der Waals surface area contributed by atoms with Gasteiger partial charge >= 0.3 is 6.03 Å². The summed E-state index contributed by atoms with van der Waals surface area (Å²) >= 11 is 0. The molecular formula is C10H16F2N4O2. The third kappa shape index (κ3) is 5.09. The Hall–Kier alpha value is -1.70. The van der Waals surface area contributed by atoms with Crippen molar-refractivity contribution in [3.8, 4) is 0 Å². The van der Waals surface area contributed by atoms with E-state index in [9.17, 15) is 13.6 Å². The molecule has 0 spiro atoms. The van der Waals surface area contributed by atoms with Crippen molar-refractivity contribution in [2.24, 2.45) is 0 Å². The highest BCUT2D eigenvalue weighted by Gasteiger charge is 2.09. The normalized spacial score (nSPS) is 12.5. The predicted molar refractivity (Wildman–Crippen MR) is 61.6 cm³/mol. The number of aliphatic hydroxyl groups is 1. The van der Waals surface area contributed by atoms with E-state index in [0.29, 0.717) is 6.42 Å². The Labute approximate surface area is 103 Å². The van der Waals surface area contributed by atoms with Gasteiger partial charge in [-0.3, -0.25) is 10.00 Å². The molecule has 0 aliphatic carbocycles. The van der Waals surface area contributed by atoms with Crippen LogP contribution >= 0.6 is 0 Å². The number of alkyl halides is 2. The van der Waals surface area contributed by atoms with E-state index in [1.807, 2.05) is 0 Å².